The van der Waals surface area contributed by atoms with Crippen molar-refractivity contribution in [3.8, 4) is 0 Å². The summed E-state index contributed by atoms with van der Waals surface area (Å²) in [6.45, 7) is 2.22. The zero-order chi connectivity index (χ0) is 10.1. The minimum Gasteiger partial charge on any atom is -0.462 e. The van der Waals surface area contributed by atoms with E-state index >= 15 is 0 Å². The van der Waals surface area contributed by atoms with Gasteiger partial charge in [-0.1, -0.05) is 0 Å². The topological polar surface area (TPSA) is 26.3 Å². The second-order valence-corrected chi connectivity index (χ2v) is 5.34. The normalized spacial score (nSPS) is 10.7. The number of rotatable bonds is 2. The van der Waals surface area contributed by atoms with E-state index in [4.69, 9.17) is 4.74 Å². The first-order valence-corrected chi connectivity index (χ1v) is 6.55. The van der Waals surface area contributed by atoms with Crippen LogP contribution in [0.5, 0.6) is 0 Å². The lowest BCUT2D eigenvalue weighted by molar-refractivity contribution is 0.0531. The van der Waals surface area contributed by atoms with Gasteiger partial charge in [0, 0.05) is 4.70 Å². The molecule has 0 radical (unpaired) electrons. The summed E-state index contributed by atoms with van der Waals surface area (Å²) >= 11 is 6.52. The van der Waals surface area contributed by atoms with Gasteiger partial charge in [0.1, 0.15) is 4.88 Å². The lowest BCUT2D eigenvalue weighted by Crippen LogP contribution is -2.02. The summed E-state index contributed by atoms with van der Waals surface area (Å²) in [4.78, 5) is 12.2. The first-order chi connectivity index (χ1) is 6.74. The van der Waals surface area contributed by atoms with Crippen molar-refractivity contribution in [1.29, 1.82) is 0 Å². The Morgan fingerprint density at radius 3 is 3.07 bits per heavy atom. The molecule has 2 nitrogen and oxygen atoms in total. The molecule has 2 heterocycles. The molecule has 2 aromatic rings. The molecular weight excluding hydrogens is 284 g/mol. The second kappa shape index (κ2) is 4.00. The van der Waals surface area contributed by atoms with Crippen molar-refractivity contribution in [2.75, 3.05) is 6.61 Å². The first kappa shape index (κ1) is 10.1. The molecule has 0 N–H and O–H groups in total. The van der Waals surface area contributed by atoms with Crippen molar-refractivity contribution < 1.29 is 9.53 Å². The molecule has 0 spiro atoms. The average molecular weight is 291 g/mol. The maximum atomic E-state index is 11.5. The third-order valence-corrected chi connectivity index (χ3v) is 5.21. The molecule has 0 aromatic carbocycles. The SMILES string of the molecule is CCOC(=O)c1sc2ccsc2c1Br. The van der Waals surface area contributed by atoms with Crippen LogP contribution in [0.1, 0.15) is 16.6 Å². The van der Waals surface area contributed by atoms with Gasteiger partial charge in [0.25, 0.3) is 0 Å². The van der Waals surface area contributed by atoms with E-state index in [9.17, 15) is 4.79 Å². The Kier molecular flexibility index (Phi) is 2.90. The zero-order valence-electron chi connectivity index (χ0n) is 7.37. The van der Waals surface area contributed by atoms with Gasteiger partial charge < -0.3 is 4.74 Å². The minimum atomic E-state index is -0.243. The van der Waals surface area contributed by atoms with E-state index < -0.39 is 0 Å². The summed E-state index contributed by atoms with van der Waals surface area (Å²) in [5, 5.41) is 2.01. The molecule has 0 aliphatic carbocycles. The number of thiophene rings is 2. The van der Waals surface area contributed by atoms with E-state index in [0.29, 0.717) is 11.5 Å². The number of carbonyl (C=O) groups excluding carboxylic acids is 1. The lowest BCUT2D eigenvalue weighted by atomic mass is 10.4. The average Bonchev–Trinajstić information content (AvgIpc) is 2.69. The van der Waals surface area contributed by atoms with Gasteiger partial charge >= 0.3 is 5.97 Å². The summed E-state index contributed by atoms with van der Waals surface area (Å²) < 4.78 is 8.07. The van der Waals surface area contributed by atoms with Gasteiger partial charge in [0.2, 0.25) is 0 Å². The predicted molar refractivity (Wildman–Crippen MR) is 63.4 cm³/mol. The molecule has 0 unspecified atom stereocenters. The first-order valence-electron chi connectivity index (χ1n) is 4.06. The largest absolute Gasteiger partial charge is 0.462 e. The van der Waals surface area contributed by atoms with Crippen molar-refractivity contribution in [1.82, 2.24) is 0 Å². The molecule has 0 fully saturated rings. The van der Waals surface area contributed by atoms with Gasteiger partial charge in [0.05, 0.1) is 15.8 Å². The van der Waals surface area contributed by atoms with Crippen LogP contribution in [-0.2, 0) is 4.74 Å². The molecule has 2 aromatic heterocycles. The molecule has 0 amide bonds. The molecule has 2 rings (SSSR count). The van der Waals surface area contributed by atoms with E-state index in [1.165, 1.54) is 11.3 Å². The molecule has 0 saturated carbocycles. The Balaban J connectivity index is 2.47. The van der Waals surface area contributed by atoms with Crippen LogP contribution in [0.4, 0.5) is 0 Å². The standard InChI is InChI=1S/C9H7BrO2S2/c1-2-12-9(11)8-6(10)7-5(14-8)3-4-13-7/h3-4H,2H2,1H3. The van der Waals surface area contributed by atoms with Crippen molar-refractivity contribution >= 4 is 54.0 Å². The van der Waals surface area contributed by atoms with Gasteiger partial charge in [-0.3, -0.25) is 0 Å². The number of fused-ring (bicyclic) bond motifs is 1. The highest BCUT2D eigenvalue weighted by Gasteiger charge is 2.18. The Bertz CT molecular complexity index is 472. The molecule has 0 saturated heterocycles. The number of hydrogen-bond acceptors (Lipinski definition) is 4. The van der Waals surface area contributed by atoms with E-state index in [-0.39, 0.29) is 5.97 Å². The summed E-state index contributed by atoms with van der Waals surface area (Å²) in [6, 6.07) is 2.01. The fourth-order valence-corrected chi connectivity index (χ4v) is 4.19. The lowest BCUT2D eigenvalue weighted by Gasteiger charge is -1.98. The van der Waals surface area contributed by atoms with Gasteiger partial charge in [-0.25, -0.2) is 4.79 Å². The smallest absolute Gasteiger partial charge is 0.349 e. The van der Waals surface area contributed by atoms with Crippen LogP contribution in [0.2, 0.25) is 0 Å². The van der Waals surface area contributed by atoms with Crippen molar-refractivity contribution in [3.05, 3.63) is 20.8 Å². The fourth-order valence-electron chi connectivity index (χ4n) is 1.12. The van der Waals surface area contributed by atoms with Crippen molar-refractivity contribution in [3.63, 3.8) is 0 Å². The maximum absolute atomic E-state index is 11.5. The number of esters is 1. The Morgan fingerprint density at radius 2 is 2.43 bits per heavy atom. The summed E-state index contributed by atoms with van der Waals surface area (Å²) in [7, 11) is 0. The summed E-state index contributed by atoms with van der Waals surface area (Å²) in [5.74, 6) is -0.243. The molecule has 5 heteroatoms. The van der Waals surface area contributed by atoms with E-state index in [1.54, 1.807) is 11.3 Å². The van der Waals surface area contributed by atoms with Crippen LogP contribution in [0.3, 0.4) is 0 Å². The third kappa shape index (κ3) is 1.60. The summed E-state index contributed by atoms with van der Waals surface area (Å²) in [5.41, 5.74) is 0. The monoisotopic (exact) mass is 290 g/mol. The zero-order valence-corrected chi connectivity index (χ0v) is 10.6. The van der Waals surface area contributed by atoms with E-state index in [2.05, 4.69) is 15.9 Å². The Morgan fingerprint density at radius 1 is 1.64 bits per heavy atom. The number of carbonyl (C=O) groups is 1. The van der Waals surface area contributed by atoms with Gasteiger partial charge in [0.15, 0.2) is 0 Å². The molecular formula is C9H7BrO2S2. The molecule has 14 heavy (non-hydrogen) atoms. The van der Waals surface area contributed by atoms with E-state index in [0.717, 1.165) is 13.9 Å². The second-order valence-electron chi connectivity index (χ2n) is 2.58. The third-order valence-electron chi connectivity index (χ3n) is 1.70. The molecule has 74 valence electrons. The highest BCUT2D eigenvalue weighted by molar-refractivity contribution is 9.10. The highest BCUT2D eigenvalue weighted by Crippen LogP contribution is 2.39. The maximum Gasteiger partial charge on any atom is 0.349 e. The quantitative estimate of drug-likeness (QED) is 0.784. The predicted octanol–water partition coefficient (Wildman–Crippen LogP) is 3.90. The fraction of sp³-hybridized carbons (Fsp3) is 0.222. The number of hydrogen-bond donors (Lipinski definition) is 0. The van der Waals surface area contributed by atoms with Crippen LogP contribution in [0, 0.1) is 0 Å². The van der Waals surface area contributed by atoms with Crippen molar-refractivity contribution in [2.45, 2.75) is 6.92 Å². The van der Waals surface area contributed by atoms with Gasteiger partial charge in [-0.2, -0.15) is 0 Å². The van der Waals surface area contributed by atoms with Crippen LogP contribution < -0.4 is 0 Å². The summed E-state index contributed by atoms with van der Waals surface area (Å²) in [6.07, 6.45) is 0. The van der Waals surface area contributed by atoms with Gasteiger partial charge in [-0.15, -0.1) is 22.7 Å². The van der Waals surface area contributed by atoms with Crippen LogP contribution in [0.15, 0.2) is 15.9 Å². The molecule has 0 aliphatic heterocycles. The van der Waals surface area contributed by atoms with E-state index in [1.807, 2.05) is 18.4 Å². The number of ether oxygens (including phenoxy) is 1. The highest BCUT2D eigenvalue weighted by atomic mass is 79.9. The minimum absolute atomic E-state index is 0.243. The Hall–Kier alpha value is -0.390. The number of halogens is 1. The van der Waals surface area contributed by atoms with Crippen LogP contribution in [-0.4, -0.2) is 12.6 Å². The molecule has 0 bridgehead atoms. The van der Waals surface area contributed by atoms with Crippen LogP contribution in [0.25, 0.3) is 9.40 Å². The molecule has 0 aliphatic rings. The van der Waals surface area contributed by atoms with Crippen LogP contribution >= 0.6 is 38.6 Å². The molecule has 0 atom stereocenters. The Labute approximate surface area is 97.6 Å². The van der Waals surface area contributed by atoms with Gasteiger partial charge in [-0.05, 0) is 34.3 Å². The van der Waals surface area contributed by atoms with Crippen molar-refractivity contribution in [2.24, 2.45) is 0 Å².